The third-order valence-electron chi connectivity index (χ3n) is 2.88. The summed E-state index contributed by atoms with van der Waals surface area (Å²) >= 11 is 0. The van der Waals surface area contributed by atoms with Crippen molar-refractivity contribution >= 4 is 5.95 Å². The van der Waals surface area contributed by atoms with Crippen molar-refractivity contribution in [2.75, 3.05) is 5.73 Å². The van der Waals surface area contributed by atoms with Gasteiger partial charge in [-0.25, -0.2) is 4.98 Å². The molecule has 0 spiro atoms. The van der Waals surface area contributed by atoms with Gasteiger partial charge in [0.2, 0.25) is 5.95 Å². The Morgan fingerprint density at radius 3 is 2.93 bits per heavy atom. The van der Waals surface area contributed by atoms with Crippen molar-refractivity contribution in [2.45, 2.75) is 32.9 Å². The molecule has 2 rings (SSSR count). The lowest BCUT2D eigenvalue weighted by molar-refractivity contribution is 0.371. The van der Waals surface area contributed by atoms with Crippen LogP contribution >= 0.6 is 0 Å². The second-order valence-electron chi connectivity index (χ2n) is 4.31. The fourth-order valence-electron chi connectivity index (χ4n) is 1.90. The van der Waals surface area contributed by atoms with Crippen molar-refractivity contribution in [3.63, 3.8) is 0 Å². The maximum Gasteiger partial charge on any atom is 0.257 e. The molecule has 1 aliphatic rings. The normalized spacial score (nSPS) is 20.3. The van der Waals surface area contributed by atoms with E-state index < -0.39 is 0 Å². The van der Waals surface area contributed by atoms with Crippen LogP contribution in [0.15, 0.2) is 4.79 Å². The summed E-state index contributed by atoms with van der Waals surface area (Å²) in [5.74, 6) is 0.739. The Morgan fingerprint density at radius 1 is 1.53 bits per heavy atom. The number of aromatic amines is 1. The molecule has 4 N–H and O–H groups in total. The number of hydrogen-bond donors (Lipinski definition) is 3. The first kappa shape index (κ1) is 10.2. The molecule has 5 heteroatoms. The van der Waals surface area contributed by atoms with E-state index in [4.69, 9.17) is 5.73 Å². The molecule has 0 bridgehead atoms. The summed E-state index contributed by atoms with van der Waals surface area (Å²) in [5, 5.41) is 3.33. The summed E-state index contributed by atoms with van der Waals surface area (Å²) in [7, 11) is 0. The van der Waals surface area contributed by atoms with Gasteiger partial charge in [-0.05, 0) is 5.92 Å². The molecular formula is C10H16N4O. The molecule has 0 fully saturated rings. The van der Waals surface area contributed by atoms with Crippen LogP contribution in [0.1, 0.15) is 25.1 Å². The van der Waals surface area contributed by atoms with Gasteiger partial charge in [-0.1, -0.05) is 13.8 Å². The zero-order chi connectivity index (χ0) is 11.0. The van der Waals surface area contributed by atoms with Crippen molar-refractivity contribution in [1.29, 1.82) is 0 Å². The zero-order valence-electron chi connectivity index (χ0n) is 9.00. The van der Waals surface area contributed by atoms with Gasteiger partial charge in [-0.15, -0.1) is 0 Å². The van der Waals surface area contributed by atoms with Crippen LogP contribution in [0.5, 0.6) is 0 Å². The smallest absolute Gasteiger partial charge is 0.257 e. The molecule has 0 aliphatic carbocycles. The van der Waals surface area contributed by atoms with E-state index >= 15 is 0 Å². The Kier molecular flexibility index (Phi) is 2.48. The minimum Gasteiger partial charge on any atom is -0.369 e. The number of H-pyrrole nitrogens is 1. The summed E-state index contributed by atoms with van der Waals surface area (Å²) in [4.78, 5) is 18.2. The second-order valence-corrected chi connectivity index (χ2v) is 4.31. The summed E-state index contributed by atoms with van der Waals surface area (Å²) in [6, 6.07) is 0.381. The number of aromatic nitrogens is 2. The highest BCUT2D eigenvalue weighted by atomic mass is 16.1. The van der Waals surface area contributed by atoms with Crippen LogP contribution in [-0.2, 0) is 13.0 Å². The molecule has 0 saturated carbocycles. The molecule has 0 aromatic carbocycles. The first-order valence-electron chi connectivity index (χ1n) is 5.19. The average molecular weight is 208 g/mol. The monoisotopic (exact) mass is 208 g/mol. The van der Waals surface area contributed by atoms with Gasteiger partial charge in [0, 0.05) is 19.0 Å². The molecule has 0 radical (unpaired) electrons. The SMILES string of the molecule is CC(C)C1Cc2nc(N)[nH]c(=O)c2CN1. The highest BCUT2D eigenvalue weighted by Gasteiger charge is 2.23. The lowest BCUT2D eigenvalue weighted by Crippen LogP contribution is -2.42. The van der Waals surface area contributed by atoms with E-state index in [1.807, 2.05) is 0 Å². The zero-order valence-corrected chi connectivity index (χ0v) is 9.00. The molecule has 0 amide bonds. The number of anilines is 1. The highest BCUT2D eigenvalue weighted by molar-refractivity contribution is 5.27. The Morgan fingerprint density at radius 2 is 2.27 bits per heavy atom. The van der Waals surface area contributed by atoms with E-state index in [1.165, 1.54) is 0 Å². The number of hydrogen-bond acceptors (Lipinski definition) is 4. The summed E-state index contributed by atoms with van der Waals surface area (Å²) in [6.45, 7) is 4.89. The lowest BCUT2D eigenvalue weighted by Gasteiger charge is -2.27. The quantitative estimate of drug-likeness (QED) is 0.607. The van der Waals surface area contributed by atoms with E-state index in [1.54, 1.807) is 0 Å². The molecule has 1 aromatic heterocycles. The Hall–Kier alpha value is -1.36. The van der Waals surface area contributed by atoms with Crippen molar-refractivity contribution in [2.24, 2.45) is 5.92 Å². The van der Waals surface area contributed by atoms with Gasteiger partial charge in [0.1, 0.15) is 0 Å². The molecule has 1 atom stereocenters. The van der Waals surface area contributed by atoms with Gasteiger partial charge in [0.25, 0.3) is 5.56 Å². The number of nitrogen functional groups attached to an aromatic ring is 1. The van der Waals surface area contributed by atoms with Crippen molar-refractivity contribution in [3.05, 3.63) is 21.6 Å². The molecule has 1 unspecified atom stereocenters. The third-order valence-corrected chi connectivity index (χ3v) is 2.88. The van der Waals surface area contributed by atoms with Crippen LogP contribution < -0.4 is 16.6 Å². The fourth-order valence-corrected chi connectivity index (χ4v) is 1.90. The van der Waals surface area contributed by atoms with Crippen LogP contribution in [0.3, 0.4) is 0 Å². The molecule has 82 valence electrons. The molecule has 0 saturated heterocycles. The Balaban J connectivity index is 2.37. The van der Waals surface area contributed by atoms with Crippen LogP contribution in [0, 0.1) is 5.92 Å². The van der Waals surface area contributed by atoms with Gasteiger partial charge in [-0.2, -0.15) is 0 Å². The predicted octanol–water partition coefficient (Wildman–Crippen LogP) is 0.0224. The summed E-state index contributed by atoms with van der Waals surface area (Å²) in [6.07, 6.45) is 0.779. The largest absolute Gasteiger partial charge is 0.369 e. The van der Waals surface area contributed by atoms with E-state index in [-0.39, 0.29) is 11.5 Å². The maximum atomic E-state index is 11.5. The number of nitrogens with two attached hydrogens (primary N) is 1. The van der Waals surface area contributed by atoms with Gasteiger partial charge in [0.05, 0.1) is 11.3 Å². The minimum absolute atomic E-state index is 0.118. The molecule has 5 nitrogen and oxygen atoms in total. The van der Waals surface area contributed by atoms with Gasteiger partial charge >= 0.3 is 0 Å². The Labute approximate surface area is 88.1 Å². The first-order valence-corrected chi connectivity index (χ1v) is 5.19. The van der Waals surface area contributed by atoms with E-state index in [0.717, 1.165) is 17.7 Å². The van der Waals surface area contributed by atoms with Crippen molar-refractivity contribution in [3.8, 4) is 0 Å². The molecular weight excluding hydrogens is 192 g/mol. The number of fused-ring (bicyclic) bond motifs is 1. The van der Waals surface area contributed by atoms with Crippen molar-refractivity contribution in [1.82, 2.24) is 15.3 Å². The second kappa shape index (κ2) is 3.66. The third kappa shape index (κ3) is 1.87. The van der Waals surface area contributed by atoms with E-state index in [0.29, 0.717) is 18.5 Å². The molecule has 15 heavy (non-hydrogen) atoms. The van der Waals surface area contributed by atoms with Crippen LogP contribution in [0.2, 0.25) is 0 Å². The van der Waals surface area contributed by atoms with Crippen LogP contribution in [0.4, 0.5) is 5.95 Å². The molecule has 2 heterocycles. The van der Waals surface area contributed by atoms with Gasteiger partial charge in [-0.3, -0.25) is 9.78 Å². The predicted molar refractivity (Wildman–Crippen MR) is 58.4 cm³/mol. The number of nitrogens with zero attached hydrogens (tertiary/aromatic N) is 1. The lowest BCUT2D eigenvalue weighted by atomic mass is 9.94. The minimum atomic E-state index is -0.118. The topological polar surface area (TPSA) is 83.8 Å². The highest BCUT2D eigenvalue weighted by Crippen LogP contribution is 2.16. The van der Waals surface area contributed by atoms with E-state index in [9.17, 15) is 4.79 Å². The summed E-state index contributed by atoms with van der Waals surface area (Å²) in [5.41, 5.74) is 6.96. The Bertz CT molecular complexity index is 424. The molecule has 1 aromatic rings. The fraction of sp³-hybridized carbons (Fsp3) is 0.600. The maximum absolute atomic E-state index is 11.5. The van der Waals surface area contributed by atoms with Crippen LogP contribution in [0.25, 0.3) is 0 Å². The first-order chi connectivity index (χ1) is 7.08. The van der Waals surface area contributed by atoms with Crippen LogP contribution in [-0.4, -0.2) is 16.0 Å². The number of rotatable bonds is 1. The summed E-state index contributed by atoms with van der Waals surface area (Å²) < 4.78 is 0. The standard InChI is InChI=1S/C10H16N4O/c1-5(2)7-3-8-6(4-12-7)9(15)14-10(11)13-8/h5,7,12H,3-4H2,1-2H3,(H3,11,13,14,15). The average Bonchev–Trinajstić information content (AvgIpc) is 2.16. The van der Waals surface area contributed by atoms with Crippen molar-refractivity contribution < 1.29 is 0 Å². The van der Waals surface area contributed by atoms with E-state index in [2.05, 4.69) is 29.1 Å². The number of nitrogens with one attached hydrogen (secondary N) is 2. The molecule has 1 aliphatic heterocycles. The van der Waals surface area contributed by atoms with Gasteiger partial charge in [0.15, 0.2) is 0 Å². The van der Waals surface area contributed by atoms with Gasteiger partial charge < -0.3 is 11.1 Å².